The van der Waals surface area contributed by atoms with Crippen LogP contribution in [0.2, 0.25) is 10.0 Å². The lowest BCUT2D eigenvalue weighted by atomic mass is 10.2. The van der Waals surface area contributed by atoms with Crippen molar-refractivity contribution in [1.82, 2.24) is 4.90 Å². The Morgan fingerprint density at radius 2 is 1.78 bits per heavy atom. The van der Waals surface area contributed by atoms with Gasteiger partial charge >= 0.3 is 0 Å². The molecule has 1 amide bonds. The summed E-state index contributed by atoms with van der Waals surface area (Å²) in [6.07, 6.45) is 0. The number of nitrogens with one attached hydrogen (secondary N) is 1. The van der Waals surface area contributed by atoms with Crippen LogP contribution in [0.3, 0.4) is 0 Å². The minimum absolute atomic E-state index is 0.0927. The van der Waals surface area contributed by atoms with Crippen molar-refractivity contribution in [3.8, 4) is 5.75 Å². The Labute approximate surface area is 169 Å². The number of ether oxygens (including phenoxy) is 1. The Bertz CT molecular complexity index is 808. The zero-order valence-electron chi connectivity index (χ0n) is 15.4. The van der Waals surface area contributed by atoms with Gasteiger partial charge in [-0.2, -0.15) is 0 Å². The van der Waals surface area contributed by atoms with Crippen molar-refractivity contribution in [2.24, 2.45) is 0 Å². The van der Waals surface area contributed by atoms with E-state index < -0.39 is 0 Å². The molecule has 0 aliphatic carbocycles. The zero-order chi connectivity index (χ0) is 19.4. The standard InChI is InChI=1S/C20H23Cl2N3O2/c1-14(20(26)23-16-7-5-6-15(21)19(16)22)24-10-12-25(13-11-24)17-8-3-4-9-18(17)27-2/h3-9,14H,10-13H2,1-2H3,(H,23,26)/t14-/m0/s1. The molecule has 5 nitrogen and oxygen atoms in total. The van der Waals surface area contributed by atoms with E-state index in [1.165, 1.54) is 0 Å². The van der Waals surface area contributed by atoms with E-state index >= 15 is 0 Å². The summed E-state index contributed by atoms with van der Waals surface area (Å²) in [5.74, 6) is 0.775. The Balaban J connectivity index is 1.60. The third-order valence-corrected chi connectivity index (χ3v) is 5.70. The van der Waals surface area contributed by atoms with E-state index in [-0.39, 0.29) is 11.9 Å². The fourth-order valence-corrected chi connectivity index (χ4v) is 3.59. The van der Waals surface area contributed by atoms with E-state index in [0.29, 0.717) is 15.7 Å². The fraction of sp³-hybridized carbons (Fsp3) is 0.350. The van der Waals surface area contributed by atoms with Gasteiger partial charge in [-0.3, -0.25) is 9.69 Å². The highest BCUT2D eigenvalue weighted by Gasteiger charge is 2.27. The number of hydrogen-bond acceptors (Lipinski definition) is 4. The molecule has 0 aromatic heterocycles. The number of halogens is 2. The molecule has 1 atom stereocenters. The monoisotopic (exact) mass is 407 g/mol. The van der Waals surface area contributed by atoms with Crippen molar-refractivity contribution in [2.75, 3.05) is 43.5 Å². The predicted molar refractivity (Wildman–Crippen MR) is 111 cm³/mol. The quantitative estimate of drug-likeness (QED) is 0.808. The summed E-state index contributed by atoms with van der Waals surface area (Å²) < 4.78 is 5.46. The second-order valence-corrected chi connectivity index (χ2v) is 7.25. The normalized spacial score (nSPS) is 16.1. The minimum Gasteiger partial charge on any atom is -0.495 e. The molecule has 3 rings (SSSR count). The number of amides is 1. The number of benzene rings is 2. The topological polar surface area (TPSA) is 44.8 Å². The van der Waals surface area contributed by atoms with Crippen molar-refractivity contribution in [1.29, 1.82) is 0 Å². The van der Waals surface area contributed by atoms with E-state index in [9.17, 15) is 4.79 Å². The summed E-state index contributed by atoms with van der Waals surface area (Å²) in [4.78, 5) is 17.1. The van der Waals surface area contributed by atoms with Crippen LogP contribution in [0.15, 0.2) is 42.5 Å². The van der Waals surface area contributed by atoms with E-state index in [1.54, 1.807) is 25.3 Å². The molecule has 2 aromatic carbocycles. The average Bonchev–Trinajstić information content (AvgIpc) is 2.71. The molecule has 144 valence electrons. The lowest BCUT2D eigenvalue weighted by molar-refractivity contribution is -0.120. The summed E-state index contributed by atoms with van der Waals surface area (Å²) in [6, 6.07) is 12.9. The SMILES string of the molecule is COc1ccccc1N1CCN([C@@H](C)C(=O)Nc2cccc(Cl)c2Cl)CC1. The molecule has 27 heavy (non-hydrogen) atoms. The molecule has 1 heterocycles. The summed E-state index contributed by atoms with van der Waals surface area (Å²) in [5.41, 5.74) is 1.62. The Morgan fingerprint density at radius 3 is 2.48 bits per heavy atom. The van der Waals surface area contributed by atoms with Crippen molar-refractivity contribution >= 4 is 40.5 Å². The summed E-state index contributed by atoms with van der Waals surface area (Å²) >= 11 is 12.2. The molecule has 1 N–H and O–H groups in total. The predicted octanol–water partition coefficient (Wildman–Crippen LogP) is 4.15. The van der Waals surface area contributed by atoms with E-state index in [4.69, 9.17) is 27.9 Å². The van der Waals surface area contributed by atoms with Crippen LogP contribution in [0.1, 0.15) is 6.92 Å². The molecule has 1 fully saturated rings. The highest BCUT2D eigenvalue weighted by atomic mass is 35.5. The largest absolute Gasteiger partial charge is 0.495 e. The Kier molecular flexibility index (Phi) is 6.47. The maximum absolute atomic E-state index is 12.6. The zero-order valence-corrected chi connectivity index (χ0v) is 16.9. The third kappa shape index (κ3) is 4.49. The van der Waals surface area contributed by atoms with E-state index in [1.807, 2.05) is 25.1 Å². The summed E-state index contributed by atoms with van der Waals surface area (Å²) in [6.45, 7) is 5.14. The lowest BCUT2D eigenvalue weighted by Crippen LogP contribution is -2.52. The van der Waals surface area contributed by atoms with Crippen LogP contribution < -0.4 is 15.0 Å². The molecule has 1 aliphatic rings. The van der Waals surface area contributed by atoms with Crippen molar-refractivity contribution < 1.29 is 9.53 Å². The number of rotatable bonds is 5. The van der Waals surface area contributed by atoms with Gasteiger partial charge in [0.05, 0.1) is 34.6 Å². The van der Waals surface area contributed by atoms with Crippen molar-refractivity contribution in [3.63, 3.8) is 0 Å². The third-order valence-electron chi connectivity index (χ3n) is 4.88. The smallest absolute Gasteiger partial charge is 0.241 e. The molecule has 1 saturated heterocycles. The number of carbonyl (C=O) groups excluding carboxylic acids is 1. The van der Waals surface area contributed by atoms with Crippen LogP contribution >= 0.6 is 23.2 Å². The fourth-order valence-electron chi connectivity index (χ4n) is 3.24. The first-order valence-electron chi connectivity index (χ1n) is 8.88. The van der Waals surface area contributed by atoms with Gasteiger partial charge < -0.3 is 15.0 Å². The van der Waals surface area contributed by atoms with Gasteiger partial charge in [0.25, 0.3) is 0 Å². The molecule has 0 saturated carbocycles. The Morgan fingerprint density at radius 1 is 1.07 bits per heavy atom. The molecule has 0 radical (unpaired) electrons. The van der Waals surface area contributed by atoms with Gasteiger partial charge in [-0.15, -0.1) is 0 Å². The summed E-state index contributed by atoms with van der Waals surface area (Å²) in [7, 11) is 1.68. The number of anilines is 2. The van der Waals surface area contributed by atoms with Crippen molar-refractivity contribution in [3.05, 3.63) is 52.5 Å². The van der Waals surface area contributed by atoms with Crippen LogP contribution in [-0.2, 0) is 4.79 Å². The molecule has 0 spiro atoms. The van der Waals surface area contributed by atoms with Gasteiger partial charge in [0.2, 0.25) is 5.91 Å². The first-order valence-corrected chi connectivity index (χ1v) is 9.63. The first kappa shape index (κ1) is 19.8. The molecule has 0 bridgehead atoms. The van der Waals surface area contributed by atoms with Gasteiger partial charge in [-0.25, -0.2) is 0 Å². The van der Waals surface area contributed by atoms with Gasteiger partial charge in [0, 0.05) is 26.2 Å². The van der Waals surface area contributed by atoms with Gasteiger partial charge in [-0.1, -0.05) is 41.4 Å². The second-order valence-electron chi connectivity index (χ2n) is 6.46. The van der Waals surface area contributed by atoms with Crippen LogP contribution in [0.4, 0.5) is 11.4 Å². The maximum Gasteiger partial charge on any atom is 0.241 e. The summed E-state index contributed by atoms with van der Waals surface area (Å²) in [5, 5.41) is 3.66. The lowest BCUT2D eigenvalue weighted by Gasteiger charge is -2.38. The highest BCUT2D eigenvalue weighted by Crippen LogP contribution is 2.30. The molecule has 1 aliphatic heterocycles. The molecular formula is C20H23Cl2N3O2. The molecule has 0 unspecified atom stereocenters. The van der Waals surface area contributed by atoms with Crippen LogP contribution in [0.5, 0.6) is 5.75 Å². The van der Waals surface area contributed by atoms with Crippen LogP contribution in [0, 0.1) is 0 Å². The average molecular weight is 408 g/mol. The van der Waals surface area contributed by atoms with Crippen LogP contribution in [-0.4, -0.2) is 50.1 Å². The number of nitrogens with zero attached hydrogens (tertiary/aromatic N) is 2. The van der Waals surface area contributed by atoms with E-state index in [0.717, 1.165) is 37.6 Å². The molecule has 7 heteroatoms. The number of hydrogen-bond donors (Lipinski definition) is 1. The second kappa shape index (κ2) is 8.83. The van der Waals surface area contributed by atoms with Gasteiger partial charge in [-0.05, 0) is 31.2 Å². The van der Waals surface area contributed by atoms with Crippen molar-refractivity contribution in [2.45, 2.75) is 13.0 Å². The number of para-hydroxylation sites is 2. The van der Waals surface area contributed by atoms with Gasteiger partial charge in [0.15, 0.2) is 0 Å². The number of carbonyl (C=O) groups is 1. The minimum atomic E-state index is -0.264. The maximum atomic E-state index is 12.6. The highest BCUT2D eigenvalue weighted by molar-refractivity contribution is 6.44. The number of piperazine rings is 1. The van der Waals surface area contributed by atoms with E-state index in [2.05, 4.69) is 21.2 Å². The van der Waals surface area contributed by atoms with Crippen LogP contribution in [0.25, 0.3) is 0 Å². The number of methoxy groups -OCH3 is 1. The van der Waals surface area contributed by atoms with Gasteiger partial charge in [0.1, 0.15) is 5.75 Å². The molecule has 2 aromatic rings. The first-order chi connectivity index (χ1) is 13.0. The molecular weight excluding hydrogens is 385 g/mol. The Hall–Kier alpha value is -1.95.